The van der Waals surface area contributed by atoms with Gasteiger partial charge in [-0.1, -0.05) is 36.4 Å². The molecule has 0 bridgehead atoms. The van der Waals surface area contributed by atoms with Crippen LogP contribution in [0.1, 0.15) is 0 Å². The van der Waals surface area contributed by atoms with E-state index in [1.165, 1.54) is 0 Å². The molecule has 1 radical (unpaired) electrons. The number of nitrogens with zero attached hydrogens (tertiary/aromatic N) is 2. The topological polar surface area (TPSA) is 60.9 Å². The van der Waals surface area contributed by atoms with Gasteiger partial charge in [0.1, 0.15) is 17.0 Å². The van der Waals surface area contributed by atoms with Gasteiger partial charge in [-0.15, -0.1) is 0 Å². The van der Waals surface area contributed by atoms with Crippen LogP contribution in [-0.4, -0.2) is 15.8 Å². The zero-order valence-electron chi connectivity index (χ0n) is 12.0. The van der Waals surface area contributed by atoms with Crippen LogP contribution in [0.5, 0.6) is 0 Å². The van der Waals surface area contributed by atoms with Crippen LogP contribution in [0.25, 0.3) is 32.9 Å². The van der Waals surface area contributed by atoms with E-state index < -0.39 is 11.8 Å². The molecule has 0 saturated carbocycles. The van der Waals surface area contributed by atoms with Gasteiger partial charge in [0.15, 0.2) is 0 Å². The van der Waals surface area contributed by atoms with E-state index in [0.717, 1.165) is 27.1 Å². The van der Waals surface area contributed by atoms with Crippen molar-refractivity contribution in [2.45, 2.75) is 0 Å². The van der Waals surface area contributed by atoms with Crippen LogP contribution in [0.2, 0.25) is 0 Å². The zero-order chi connectivity index (χ0) is 16.0. The van der Waals surface area contributed by atoms with Gasteiger partial charge in [-0.3, -0.25) is 0 Å². The zero-order valence-corrected chi connectivity index (χ0v) is 12.0. The second-order valence-corrected chi connectivity index (χ2v) is 5.23. The van der Waals surface area contributed by atoms with E-state index in [1.54, 1.807) is 6.07 Å². The average molecular weight is 304 g/mol. The van der Waals surface area contributed by atoms with Gasteiger partial charge in [0.25, 0.3) is 0 Å². The van der Waals surface area contributed by atoms with Crippen molar-refractivity contribution in [1.29, 1.82) is 0 Å². The molecule has 111 valence electrons. The highest BCUT2D eigenvalue weighted by Gasteiger charge is 2.18. The number of carbonyl (C=O) groups excluding carboxylic acids is 1. The summed E-state index contributed by atoms with van der Waals surface area (Å²) in [6, 6.07) is 18.4. The fraction of sp³-hybridized carbons (Fsp3) is 0. The van der Waals surface area contributed by atoms with E-state index in [-0.39, 0.29) is 5.52 Å². The summed E-state index contributed by atoms with van der Waals surface area (Å²) < 4.78 is 15.0. The van der Waals surface area contributed by atoms with Gasteiger partial charge in [0.2, 0.25) is 0 Å². The Balaban J connectivity index is 2.04. The minimum Gasteiger partial charge on any atom is -0.350 e. The standard InChI is InChI=1S/C18H11FN3O/c19-15-7-3-6-14-16(21-22(17(14)15)18(20)23)13-9-8-11-4-1-2-5-12(11)10-13/h1-2,4-10H,(H2,20,23). The second kappa shape index (κ2) is 4.91. The molecule has 2 N–H and O–H groups in total. The first-order chi connectivity index (χ1) is 11.1. The van der Waals surface area contributed by atoms with Gasteiger partial charge in [-0.05, 0) is 35.0 Å². The number of hydrogen-bond donors (Lipinski definition) is 1. The monoisotopic (exact) mass is 304 g/mol. The lowest BCUT2D eigenvalue weighted by molar-refractivity contribution is 0.248. The van der Waals surface area contributed by atoms with Gasteiger partial charge in [0.05, 0.1) is 0 Å². The molecule has 0 saturated heterocycles. The summed E-state index contributed by atoms with van der Waals surface area (Å²) in [6.07, 6.45) is 0. The Kier molecular flexibility index (Phi) is 2.87. The summed E-state index contributed by atoms with van der Waals surface area (Å²) in [4.78, 5) is 11.6. The number of amides is 1. The number of hydrogen-bond acceptors (Lipinski definition) is 2. The smallest absolute Gasteiger partial charge is 0.340 e. The number of primary amides is 1. The van der Waals surface area contributed by atoms with E-state index >= 15 is 0 Å². The van der Waals surface area contributed by atoms with E-state index in [9.17, 15) is 9.18 Å². The molecule has 0 fully saturated rings. The quantitative estimate of drug-likeness (QED) is 0.582. The molecule has 0 atom stereocenters. The maximum absolute atomic E-state index is 14.1. The third-order valence-corrected chi connectivity index (χ3v) is 3.82. The Morgan fingerprint density at radius 3 is 2.70 bits per heavy atom. The van der Waals surface area contributed by atoms with E-state index in [4.69, 9.17) is 5.73 Å². The molecule has 4 nitrogen and oxygen atoms in total. The highest BCUT2D eigenvalue weighted by molar-refractivity contribution is 6.00. The normalized spacial score (nSPS) is 11.2. The molecule has 0 aliphatic heterocycles. The third kappa shape index (κ3) is 2.05. The van der Waals surface area contributed by atoms with Gasteiger partial charge in [-0.2, -0.15) is 9.78 Å². The number of nitrogens with two attached hydrogens (primary N) is 1. The van der Waals surface area contributed by atoms with Crippen molar-refractivity contribution in [2.24, 2.45) is 5.73 Å². The summed E-state index contributed by atoms with van der Waals surface area (Å²) in [6.45, 7) is 0. The minimum atomic E-state index is -0.827. The van der Waals surface area contributed by atoms with Crippen LogP contribution >= 0.6 is 0 Å². The summed E-state index contributed by atoms with van der Waals surface area (Å²) in [5.41, 5.74) is 6.67. The molecule has 1 amide bonds. The molecule has 5 heteroatoms. The lowest BCUT2D eigenvalue weighted by Crippen LogP contribution is -2.21. The Bertz CT molecular complexity index is 1070. The van der Waals surface area contributed by atoms with Crippen molar-refractivity contribution in [3.8, 4) is 11.3 Å². The number of benzene rings is 3. The van der Waals surface area contributed by atoms with Crippen molar-refractivity contribution < 1.29 is 9.18 Å². The molecule has 23 heavy (non-hydrogen) atoms. The predicted octanol–water partition coefficient (Wildman–Crippen LogP) is 3.72. The third-order valence-electron chi connectivity index (χ3n) is 3.82. The van der Waals surface area contributed by atoms with Gasteiger partial charge < -0.3 is 5.73 Å². The number of halogens is 1. The highest BCUT2D eigenvalue weighted by Crippen LogP contribution is 2.31. The van der Waals surface area contributed by atoms with Crippen LogP contribution in [0, 0.1) is 11.9 Å². The van der Waals surface area contributed by atoms with Crippen molar-refractivity contribution in [3.05, 3.63) is 66.5 Å². The first kappa shape index (κ1) is 13.5. The van der Waals surface area contributed by atoms with E-state index in [0.29, 0.717) is 11.1 Å². The molecule has 0 spiro atoms. The lowest BCUT2D eigenvalue weighted by atomic mass is 10.0. The van der Waals surface area contributed by atoms with Crippen molar-refractivity contribution in [3.63, 3.8) is 0 Å². The Morgan fingerprint density at radius 2 is 1.91 bits per heavy atom. The first-order valence-corrected chi connectivity index (χ1v) is 7.02. The highest BCUT2D eigenvalue weighted by atomic mass is 19.1. The van der Waals surface area contributed by atoms with Gasteiger partial charge in [-0.25, -0.2) is 9.18 Å². The molecular formula is C18H11FN3O. The second-order valence-electron chi connectivity index (χ2n) is 5.23. The summed E-state index contributed by atoms with van der Waals surface area (Å²) >= 11 is 0. The largest absolute Gasteiger partial charge is 0.350 e. The fourth-order valence-corrected chi connectivity index (χ4v) is 2.77. The molecule has 3 aromatic carbocycles. The SMILES string of the molecule is NC(=O)n1nc(-c2ccc3ccccc3c2)c2c[c]cc(F)c21. The fourth-order valence-electron chi connectivity index (χ4n) is 2.77. The van der Waals surface area contributed by atoms with E-state index in [2.05, 4.69) is 11.2 Å². The molecule has 1 aromatic heterocycles. The molecule has 0 aliphatic carbocycles. The minimum absolute atomic E-state index is 0.0689. The van der Waals surface area contributed by atoms with Gasteiger partial charge >= 0.3 is 6.03 Å². The molecule has 1 heterocycles. The van der Waals surface area contributed by atoms with Crippen molar-refractivity contribution in [2.75, 3.05) is 0 Å². The molecule has 4 rings (SSSR count). The van der Waals surface area contributed by atoms with Crippen LogP contribution in [0.4, 0.5) is 9.18 Å². The van der Waals surface area contributed by atoms with Crippen LogP contribution in [-0.2, 0) is 0 Å². The van der Waals surface area contributed by atoms with Crippen molar-refractivity contribution >= 4 is 27.7 Å². The molecule has 0 unspecified atom stereocenters. The lowest BCUT2D eigenvalue weighted by Gasteiger charge is -2.01. The Labute approximate surface area is 130 Å². The van der Waals surface area contributed by atoms with Crippen LogP contribution in [0.3, 0.4) is 0 Å². The van der Waals surface area contributed by atoms with Crippen LogP contribution in [0.15, 0.2) is 54.6 Å². The summed E-state index contributed by atoms with van der Waals surface area (Å²) in [7, 11) is 0. The number of fused-ring (bicyclic) bond motifs is 2. The number of carbonyl (C=O) groups is 1. The summed E-state index contributed by atoms with van der Waals surface area (Å²) in [5.74, 6) is -0.583. The molecule has 0 aliphatic rings. The maximum Gasteiger partial charge on any atom is 0.340 e. The first-order valence-electron chi connectivity index (χ1n) is 7.02. The number of aromatic nitrogens is 2. The molecular weight excluding hydrogens is 293 g/mol. The Morgan fingerprint density at radius 1 is 1.13 bits per heavy atom. The average Bonchev–Trinajstić information content (AvgIpc) is 2.96. The number of rotatable bonds is 1. The van der Waals surface area contributed by atoms with E-state index in [1.807, 2.05) is 42.5 Å². The van der Waals surface area contributed by atoms with Crippen molar-refractivity contribution in [1.82, 2.24) is 9.78 Å². The van der Waals surface area contributed by atoms with Gasteiger partial charge in [0, 0.05) is 10.9 Å². The summed E-state index contributed by atoms with van der Waals surface area (Å²) in [5, 5.41) is 6.83. The molecule has 4 aromatic rings. The predicted molar refractivity (Wildman–Crippen MR) is 86.5 cm³/mol. The maximum atomic E-state index is 14.1. The van der Waals surface area contributed by atoms with Crippen LogP contribution < -0.4 is 5.73 Å². The Hall–Kier alpha value is -3.21.